The van der Waals surface area contributed by atoms with Gasteiger partial charge in [0.2, 0.25) is 5.91 Å². The highest BCUT2D eigenvalue weighted by Crippen LogP contribution is 2.38. The van der Waals surface area contributed by atoms with E-state index in [0.717, 1.165) is 59.2 Å². The highest BCUT2D eigenvalue weighted by molar-refractivity contribution is 5.97. The number of fused-ring (bicyclic) bond motifs is 2. The molecule has 1 unspecified atom stereocenters. The lowest BCUT2D eigenvalue weighted by Gasteiger charge is -2.22. The van der Waals surface area contributed by atoms with Crippen molar-refractivity contribution in [1.82, 2.24) is 9.55 Å². The first kappa shape index (κ1) is 24.2. The first-order valence-corrected chi connectivity index (χ1v) is 13.1. The Morgan fingerprint density at radius 1 is 0.947 bits per heavy atom. The van der Waals surface area contributed by atoms with Gasteiger partial charge in [0.1, 0.15) is 19.0 Å². The third kappa shape index (κ3) is 4.74. The lowest BCUT2D eigenvalue weighted by Crippen LogP contribution is -2.25. The number of methoxy groups -OCH3 is 1. The van der Waals surface area contributed by atoms with E-state index in [1.807, 2.05) is 65.6 Å². The van der Waals surface area contributed by atoms with E-state index >= 15 is 0 Å². The molecule has 1 amide bonds. The molecule has 1 atom stereocenters. The van der Waals surface area contributed by atoms with Crippen molar-refractivity contribution in [3.63, 3.8) is 0 Å². The van der Waals surface area contributed by atoms with Crippen LogP contribution in [-0.2, 0) is 11.3 Å². The summed E-state index contributed by atoms with van der Waals surface area (Å²) >= 11 is 0. The lowest BCUT2D eigenvalue weighted by atomic mass is 10.1. The fourth-order valence-electron chi connectivity index (χ4n) is 5.26. The summed E-state index contributed by atoms with van der Waals surface area (Å²) in [5.74, 6) is 3.97. The zero-order valence-electron chi connectivity index (χ0n) is 21.5. The Hall–Kier alpha value is -4.20. The number of carbonyl (C=O) groups is 1. The van der Waals surface area contributed by atoms with E-state index < -0.39 is 0 Å². The van der Waals surface area contributed by atoms with Gasteiger partial charge in [0.15, 0.2) is 23.0 Å². The van der Waals surface area contributed by atoms with Gasteiger partial charge in [0.25, 0.3) is 0 Å². The van der Waals surface area contributed by atoms with Crippen molar-refractivity contribution in [2.45, 2.75) is 31.7 Å². The second kappa shape index (κ2) is 10.7. The number of benzene rings is 3. The van der Waals surface area contributed by atoms with Crippen LogP contribution in [0.2, 0.25) is 0 Å². The topological polar surface area (TPSA) is 75.1 Å². The van der Waals surface area contributed by atoms with Gasteiger partial charge in [0, 0.05) is 37.2 Å². The quantitative estimate of drug-likeness (QED) is 0.287. The van der Waals surface area contributed by atoms with Crippen LogP contribution in [0.15, 0.2) is 66.7 Å². The van der Waals surface area contributed by atoms with Gasteiger partial charge < -0.3 is 28.4 Å². The highest BCUT2D eigenvalue weighted by Gasteiger charge is 2.35. The van der Waals surface area contributed by atoms with Crippen molar-refractivity contribution >= 4 is 22.6 Å². The van der Waals surface area contributed by atoms with E-state index in [9.17, 15) is 4.79 Å². The number of imidazole rings is 1. The molecule has 1 fully saturated rings. The molecule has 0 spiro atoms. The molecule has 1 aromatic heterocycles. The minimum absolute atomic E-state index is 0.00734. The summed E-state index contributed by atoms with van der Waals surface area (Å²) in [5.41, 5.74) is 2.88. The molecule has 0 saturated carbocycles. The third-order valence-corrected chi connectivity index (χ3v) is 7.11. The van der Waals surface area contributed by atoms with E-state index in [4.69, 9.17) is 23.9 Å². The summed E-state index contributed by atoms with van der Waals surface area (Å²) in [7, 11) is 1.65. The number of hydrogen-bond donors (Lipinski definition) is 0. The molecule has 1 saturated heterocycles. The molecule has 6 rings (SSSR count). The fourth-order valence-corrected chi connectivity index (χ4v) is 5.26. The van der Waals surface area contributed by atoms with E-state index in [1.54, 1.807) is 7.11 Å². The predicted molar refractivity (Wildman–Crippen MR) is 145 cm³/mol. The highest BCUT2D eigenvalue weighted by atomic mass is 16.6. The van der Waals surface area contributed by atoms with E-state index in [2.05, 4.69) is 10.6 Å². The minimum atomic E-state index is 0.00734. The van der Waals surface area contributed by atoms with Gasteiger partial charge >= 0.3 is 0 Å². The molecule has 0 aliphatic carbocycles. The van der Waals surface area contributed by atoms with Gasteiger partial charge in [-0.2, -0.15) is 0 Å². The predicted octanol–water partition coefficient (Wildman–Crippen LogP) is 5.20. The SMILES string of the molecule is COc1ccccc1OCCCCn1c(C2CC(=O)N(c3ccc4c(c3)OCCO4)C2)nc2ccccc21. The van der Waals surface area contributed by atoms with Gasteiger partial charge in [-0.15, -0.1) is 0 Å². The normalized spacial score (nSPS) is 16.7. The molecule has 8 nitrogen and oxygen atoms in total. The molecule has 2 aliphatic heterocycles. The number of aryl methyl sites for hydroxylation is 1. The molecule has 38 heavy (non-hydrogen) atoms. The first-order valence-electron chi connectivity index (χ1n) is 13.1. The minimum Gasteiger partial charge on any atom is -0.493 e. The number of nitrogens with zero attached hydrogens (tertiary/aromatic N) is 3. The second-order valence-corrected chi connectivity index (χ2v) is 9.55. The van der Waals surface area contributed by atoms with Gasteiger partial charge in [-0.25, -0.2) is 4.98 Å². The Balaban J connectivity index is 1.16. The summed E-state index contributed by atoms with van der Waals surface area (Å²) in [4.78, 5) is 20.0. The number of amides is 1. The monoisotopic (exact) mass is 513 g/mol. The Morgan fingerprint density at radius 2 is 1.74 bits per heavy atom. The molecule has 4 aromatic rings. The maximum atomic E-state index is 13.1. The van der Waals surface area contributed by atoms with Crippen LogP contribution in [0.5, 0.6) is 23.0 Å². The van der Waals surface area contributed by atoms with Crippen molar-refractivity contribution in [3.05, 3.63) is 72.6 Å². The van der Waals surface area contributed by atoms with Crippen LogP contribution in [0, 0.1) is 0 Å². The molecule has 0 N–H and O–H groups in total. The van der Waals surface area contributed by atoms with E-state index in [1.165, 1.54) is 0 Å². The molecule has 0 bridgehead atoms. The van der Waals surface area contributed by atoms with Crippen LogP contribution < -0.4 is 23.8 Å². The molecular weight excluding hydrogens is 482 g/mol. The third-order valence-electron chi connectivity index (χ3n) is 7.11. The molecule has 3 heterocycles. The van der Waals surface area contributed by atoms with Gasteiger partial charge in [-0.1, -0.05) is 24.3 Å². The van der Waals surface area contributed by atoms with Crippen molar-refractivity contribution in [3.8, 4) is 23.0 Å². The summed E-state index contributed by atoms with van der Waals surface area (Å²) in [6.07, 6.45) is 2.24. The number of aromatic nitrogens is 2. The molecular formula is C30H31N3O5. The van der Waals surface area contributed by atoms with Gasteiger partial charge in [0.05, 0.1) is 24.8 Å². The summed E-state index contributed by atoms with van der Waals surface area (Å²) in [6.45, 7) is 3.04. The molecule has 196 valence electrons. The Bertz CT molecular complexity index is 1450. The largest absolute Gasteiger partial charge is 0.493 e. The van der Waals surface area contributed by atoms with Crippen molar-refractivity contribution < 1.29 is 23.7 Å². The molecule has 0 radical (unpaired) electrons. The number of para-hydroxylation sites is 4. The number of ether oxygens (including phenoxy) is 4. The van der Waals surface area contributed by atoms with Crippen LogP contribution >= 0.6 is 0 Å². The van der Waals surface area contributed by atoms with Crippen LogP contribution in [-0.4, -0.2) is 48.9 Å². The number of hydrogen-bond acceptors (Lipinski definition) is 6. The number of carbonyl (C=O) groups excluding carboxylic acids is 1. The van der Waals surface area contributed by atoms with Crippen LogP contribution in [0.1, 0.15) is 31.0 Å². The number of unbranched alkanes of at least 4 members (excludes halogenated alkanes) is 1. The van der Waals surface area contributed by atoms with Crippen LogP contribution in [0.4, 0.5) is 5.69 Å². The zero-order chi connectivity index (χ0) is 25.9. The Labute approximate surface area is 221 Å². The summed E-state index contributed by atoms with van der Waals surface area (Å²) in [6, 6.07) is 21.6. The van der Waals surface area contributed by atoms with Crippen molar-refractivity contribution in [2.75, 3.05) is 38.4 Å². The lowest BCUT2D eigenvalue weighted by molar-refractivity contribution is -0.117. The summed E-state index contributed by atoms with van der Waals surface area (Å²) in [5, 5.41) is 0. The van der Waals surface area contributed by atoms with Gasteiger partial charge in [-0.05, 0) is 49.2 Å². The maximum absolute atomic E-state index is 13.1. The first-order chi connectivity index (χ1) is 18.7. The van der Waals surface area contributed by atoms with Crippen molar-refractivity contribution in [2.24, 2.45) is 0 Å². The second-order valence-electron chi connectivity index (χ2n) is 9.55. The summed E-state index contributed by atoms with van der Waals surface area (Å²) < 4.78 is 25.0. The maximum Gasteiger partial charge on any atom is 0.227 e. The molecule has 8 heteroatoms. The van der Waals surface area contributed by atoms with Gasteiger partial charge in [-0.3, -0.25) is 4.79 Å². The number of rotatable bonds is 9. The molecule has 2 aliphatic rings. The Kier molecular flexibility index (Phi) is 6.77. The number of anilines is 1. The van der Waals surface area contributed by atoms with E-state index in [-0.39, 0.29) is 11.8 Å². The van der Waals surface area contributed by atoms with Crippen molar-refractivity contribution in [1.29, 1.82) is 0 Å². The Morgan fingerprint density at radius 3 is 2.61 bits per heavy atom. The van der Waals surface area contributed by atoms with E-state index in [0.29, 0.717) is 38.5 Å². The molecule has 3 aromatic carbocycles. The average Bonchev–Trinajstić information content (AvgIpc) is 3.53. The van der Waals surface area contributed by atoms with Crippen LogP contribution in [0.3, 0.4) is 0 Å². The standard InChI is InChI=1S/C30H31N3O5/c1-35-25-10-4-5-11-26(25)36-15-7-6-14-32-24-9-3-2-8-23(24)31-30(32)21-18-29(34)33(20-21)22-12-13-27-28(19-22)38-17-16-37-27/h2-5,8-13,19,21H,6-7,14-18,20H2,1H3. The average molecular weight is 514 g/mol. The zero-order valence-corrected chi connectivity index (χ0v) is 21.5. The fraction of sp³-hybridized carbons (Fsp3) is 0.333. The van der Waals surface area contributed by atoms with Crippen LogP contribution in [0.25, 0.3) is 11.0 Å². The smallest absolute Gasteiger partial charge is 0.227 e.